The Morgan fingerprint density at radius 3 is 2.00 bits per heavy atom. The summed E-state index contributed by atoms with van der Waals surface area (Å²) in [6.07, 6.45) is 0. The van der Waals surface area contributed by atoms with Gasteiger partial charge in [0.05, 0.1) is 6.04 Å². The number of hydrogen-bond donors (Lipinski definition) is 1. The molecule has 0 aliphatic carbocycles. The molecule has 0 radical (unpaired) electrons. The molecule has 0 aromatic heterocycles. The van der Waals surface area contributed by atoms with Crippen LogP contribution in [0.4, 0.5) is 0 Å². The average Bonchev–Trinajstić information content (AvgIpc) is 2.07. The third-order valence-electron chi connectivity index (χ3n) is 2.32. The van der Waals surface area contributed by atoms with Crippen molar-refractivity contribution in [1.82, 2.24) is 10.2 Å². The Bertz CT molecular complexity index is 153. The molecule has 1 N–H and O–H groups in total. The molecule has 0 aromatic carbocycles. The highest BCUT2D eigenvalue weighted by Crippen LogP contribution is 2.05. The number of carbonyl (C=O) groups is 1. The first kappa shape index (κ1) is 12.4. The Morgan fingerprint density at radius 2 is 1.77 bits per heavy atom. The predicted octanol–water partition coefficient (Wildman–Crippen LogP) is 1.10. The molecule has 0 saturated heterocycles. The summed E-state index contributed by atoms with van der Waals surface area (Å²) in [6.45, 7) is 9.72. The molecular weight excluding hydrogens is 164 g/mol. The van der Waals surface area contributed by atoms with Crippen molar-refractivity contribution in [2.45, 2.75) is 33.7 Å². The summed E-state index contributed by atoms with van der Waals surface area (Å²) < 4.78 is 0. The van der Waals surface area contributed by atoms with E-state index in [0.717, 1.165) is 13.1 Å². The summed E-state index contributed by atoms with van der Waals surface area (Å²) in [4.78, 5) is 13.7. The fourth-order valence-corrected chi connectivity index (χ4v) is 1.47. The van der Waals surface area contributed by atoms with Crippen LogP contribution in [-0.2, 0) is 4.79 Å². The molecule has 0 spiro atoms. The minimum Gasteiger partial charge on any atom is -0.342 e. The smallest absolute Gasteiger partial charge is 0.239 e. The van der Waals surface area contributed by atoms with E-state index >= 15 is 0 Å². The molecule has 0 saturated carbocycles. The molecule has 0 heterocycles. The van der Waals surface area contributed by atoms with Gasteiger partial charge >= 0.3 is 0 Å². The molecule has 1 atom stereocenters. The fraction of sp³-hybridized carbons (Fsp3) is 0.900. The third-order valence-corrected chi connectivity index (χ3v) is 2.32. The summed E-state index contributed by atoms with van der Waals surface area (Å²) >= 11 is 0. The third kappa shape index (κ3) is 3.35. The first-order chi connectivity index (χ1) is 6.08. The SMILES string of the molecule is CCN(CC)C(=O)C(NC)C(C)C. The van der Waals surface area contributed by atoms with E-state index < -0.39 is 0 Å². The standard InChI is InChI=1S/C10H22N2O/c1-6-12(7-2)10(13)9(11-5)8(3)4/h8-9,11H,6-7H2,1-5H3. The molecule has 0 aliphatic rings. The molecule has 0 fully saturated rings. The summed E-state index contributed by atoms with van der Waals surface area (Å²) in [5.41, 5.74) is 0. The van der Waals surface area contributed by atoms with Crippen molar-refractivity contribution in [2.24, 2.45) is 5.92 Å². The zero-order valence-corrected chi connectivity index (χ0v) is 9.42. The summed E-state index contributed by atoms with van der Waals surface area (Å²) in [7, 11) is 1.84. The molecule has 0 aromatic rings. The van der Waals surface area contributed by atoms with Gasteiger partial charge in [-0.05, 0) is 26.8 Å². The maximum absolute atomic E-state index is 11.8. The summed E-state index contributed by atoms with van der Waals surface area (Å²) in [5, 5.41) is 3.06. The van der Waals surface area contributed by atoms with Crippen molar-refractivity contribution in [3.05, 3.63) is 0 Å². The van der Waals surface area contributed by atoms with Gasteiger partial charge in [-0.1, -0.05) is 13.8 Å². The van der Waals surface area contributed by atoms with Gasteiger partial charge in [0, 0.05) is 13.1 Å². The van der Waals surface area contributed by atoms with Crippen LogP contribution in [0, 0.1) is 5.92 Å². The quantitative estimate of drug-likeness (QED) is 0.697. The summed E-state index contributed by atoms with van der Waals surface area (Å²) in [6, 6.07) is -0.0418. The minimum absolute atomic E-state index is 0.0418. The Balaban J connectivity index is 4.34. The van der Waals surface area contributed by atoms with Gasteiger partial charge in [0.25, 0.3) is 0 Å². The highest BCUT2D eigenvalue weighted by atomic mass is 16.2. The zero-order valence-electron chi connectivity index (χ0n) is 9.42. The minimum atomic E-state index is -0.0418. The van der Waals surface area contributed by atoms with E-state index in [1.54, 1.807) is 0 Å². The number of likely N-dealkylation sites (N-methyl/N-ethyl adjacent to an activating group) is 2. The second-order valence-electron chi connectivity index (χ2n) is 3.52. The van der Waals surface area contributed by atoms with E-state index in [1.165, 1.54) is 0 Å². The maximum atomic E-state index is 11.8. The van der Waals surface area contributed by atoms with E-state index in [2.05, 4.69) is 19.2 Å². The van der Waals surface area contributed by atoms with Crippen LogP contribution in [0.3, 0.4) is 0 Å². The Kier molecular flexibility index (Phi) is 5.71. The van der Waals surface area contributed by atoms with Crippen LogP contribution in [0.15, 0.2) is 0 Å². The monoisotopic (exact) mass is 186 g/mol. The van der Waals surface area contributed by atoms with Gasteiger partial charge in [-0.3, -0.25) is 4.79 Å². The molecule has 1 amide bonds. The number of rotatable bonds is 5. The van der Waals surface area contributed by atoms with Gasteiger partial charge in [-0.25, -0.2) is 0 Å². The van der Waals surface area contributed by atoms with Crippen LogP contribution in [-0.4, -0.2) is 37.0 Å². The largest absolute Gasteiger partial charge is 0.342 e. The zero-order chi connectivity index (χ0) is 10.4. The Labute approximate surface area is 81.5 Å². The fourth-order valence-electron chi connectivity index (χ4n) is 1.47. The van der Waals surface area contributed by atoms with Crippen LogP contribution in [0.5, 0.6) is 0 Å². The Hall–Kier alpha value is -0.570. The van der Waals surface area contributed by atoms with E-state index in [-0.39, 0.29) is 11.9 Å². The van der Waals surface area contributed by atoms with Gasteiger partial charge < -0.3 is 10.2 Å². The Morgan fingerprint density at radius 1 is 1.31 bits per heavy atom. The molecule has 0 aliphatic heterocycles. The molecule has 0 bridgehead atoms. The number of nitrogens with one attached hydrogen (secondary N) is 1. The number of carbonyl (C=O) groups excluding carboxylic acids is 1. The lowest BCUT2D eigenvalue weighted by atomic mass is 10.0. The maximum Gasteiger partial charge on any atom is 0.239 e. The van der Waals surface area contributed by atoms with Crippen LogP contribution in [0.25, 0.3) is 0 Å². The van der Waals surface area contributed by atoms with Crippen LogP contribution in [0.2, 0.25) is 0 Å². The lowest BCUT2D eigenvalue weighted by Gasteiger charge is -2.27. The first-order valence-corrected chi connectivity index (χ1v) is 5.04. The van der Waals surface area contributed by atoms with Gasteiger partial charge in [0.2, 0.25) is 5.91 Å². The van der Waals surface area contributed by atoms with Crippen molar-refractivity contribution in [3.63, 3.8) is 0 Å². The molecule has 3 nitrogen and oxygen atoms in total. The average molecular weight is 186 g/mol. The highest BCUT2D eigenvalue weighted by molar-refractivity contribution is 5.82. The topological polar surface area (TPSA) is 32.3 Å². The normalized spacial score (nSPS) is 13.1. The van der Waals surface area contributed by atoms with Crippen molar-refractivity contribution in [3.8, 4) is 0 Å². The number of nitrogens with zero attached hydrogens (tertiary/aromatic N) is 1. The van der Waals surface area contributed by atoms with E-state index in [1.807, 2.05) is 25.8 Å². The van der Waals surface area contributed by atoms with Gasteiger partial charge in [0.15, 0.2) is 0 Å². The molecule has 1 unspecified atom stereocenters. The van der Waals surface area contributed by atoms with Gasteiger partial charge in [-0.2, -0.15) is 0 Å². The molecule has 0 rings (SSSR count). The second-order valence-corrected chi connectivity index (χ2v) is 3.52. The van der Waals surface area contributed by atoms with Gasteiger partial charge in [0.1, 0.15) is 0 Å². The van der Waals surface area contributed by atoms with Crippen molar-refractivity contribution >= 4 is 5.91 Å². The first-order valence-electron chi connectivity index (χ1n) is 5.04. The summed E-state index contributed by atoms with van der Waals surface area (Å²) in [5.74, 6) is 0.556. The number of amides is 1. The molecule has 78 valence electrons. The lowest BCUT2D eigenvalue weighted by Crippen LogP contribution is -2.47. The second kappa shape index (κ2) is 5.97. The van der Waals surface area contributed by atoms with Crippen LogP contribution < -0.4 is 5.32 Å². The van der Waals surface area contributed by atoms with Crippen LogP contribution in [0.1, 0.15) is 27.7 Å². The number of hydrogen-bond acceptors (Lipinski definition) is 2. The molecular formula is C10H22N2O. The molecule has 3 heteroatoms. The van der Waals surface area contributed by atoms with Crippen molar-refractivity contribution < 1.29 is 4.79 Å². The lowest BCUT2D eigenvalue weighted by molar-refractivity contribution is -0.134. The molecule has 13 heavy (non-hydrogen) atoms. The highest BCUT2D eigenvalue weighted by Gasteiger charge is 2.23. The van der Waals surface area contributed by atoms with E-state index in [9.17, 15) is 4.79 Å². The van der Waals surface area contributed by atoms with Crippen LogP contribution >= 0.6 is 0 Å². The predicted molar refractivity (Wildman–Crippen MR) is 55.6 cm³/mol. The van der Waals surface area contributed by atoms with E-state index in [4.69, 9.17) is 0 Å². The van der Waals surface area contributed by atoms with Gasteiger partial charge in [-0.15, -0.1) is 0 Å². The van der Waals surface area contributed by atoms with E-state index in [0.29, 0.717) is 5.92 Å². The van der Waals surface area contributed by atoms with Crippen molar-refractivity contribution in [2.75, 3.05) is 20.1 Å². The van der Waals surface area contributed by atoms with Crippen molar-refractivity contribution in [1.29, 1.82) is 0 Å².